The summed E-state index contributed by atoms with van der Waals surface area (Å²) in [6, 6.07) is 19.7. The lowest BCUT2D eigenvalue weighted by atomic mass is 9.80. The van der Waals surface area contributed by atoms with Gasteiger partial charge in [-0.1, -0.05) is 43.3 Å². The maximum Gasteiger partial charge on any atom is 0.328 e. The molecule has 0 aliphatic carbocycles. The highest BCUT2D eigenvalue weighted by molar-refractivity contribution is 5.89. The van der Waals surface area contributed by atoms with Gasteiger partial charge in [-0.3, -0.25) is 0 Å². The van der Waals surface area contributed by atoms with E-state index in [0.29, 0.717) is 12.2 Å². The van der Waals surface area contributed by atoms with E-state index in [2.05, 4.69) is 85.4 Å². The minimum Gasteiger partial charge on any atom is -0.478 e. The number of carbonyl (C=O) groups is 2. The van der Waals surface area contributed by atoms with Gasteiger partial charge in [0.15, 0.2) is 0 Å². The summed E-state index contributed by atoms with van der Waals surface area (Å²) >= 11 is 0. The van der Waals surface area contributed by atoms with Crippen molar-refractivity contribution in [3.8, 4) is 0 Å². The Morgan fingerprint density at radius 1 is 1.00 bits per heavy atom. The van der Waals surface area contributed by atoms with Crippen LogP contribution >= 0.6 is 0 Å². The van der Waals surface area contributed by atoms with E-state index in [-0.39, 0.29) is 5.41 Å². The Morgan fingerprint density at radius 3 is 2.13 bits per heavy atom. The van der Waals surface area contributed by atoms with E-state index in [0.717, 1.165) is 13.1 Å². The third kappa shape index (κ3) is 6.46. The van der Waals surface area contributed by atoms with Crippen LogP contribution in [-0.4, -0.2) is 54.2 Å². The molecule has 1 atom stereocenters. The average Bonchev–Trinajstić information content (AvgIpc) is 3.01. The second-order valence-corrected chi connectivity index (χ2v) is 7.92. The van der Waals surface area contributed by atoms with E-state index in [1.54, 1.807) is 0 Å². The summed E-state index contributed by atoms with van der Waals surface area (Å²) in [5.41, 5.74) is 4.41. The molecular weight excluding hydrogens is 380 g/mol. The van der Waals surface area contributed by atoms with Crippen LogP contribution in [0.2, 0.25) is 0 Å². The van der Waals surface area contributed by atoms with Gasteiger partial charge in [-0.15, -0.1) is 0 Å². The van der Waals surface area contributed by atoms with Gasteiger partial charge in [0.05, 0.1) is 0 Å². The van der Waals surface area contributed by atoms with Crippen molar-refractivity contribution in [1.82, 2.24) is 4.90 Å². The minimum atomic E-state index is -1.26. The number of hydrogen-bond donors (Lipinski definition) is 2. The molecule has 0 saturated heterocycles. The van der Waals surface area contributed by atoms with Crippen LogP contribution in [0.4, 0.5) is 11.4 Å². The van der Waals surface area contributed by atoms with Crippen LogP contribution in [-0.2, 0) is 15.0 Å². The summed E-state index contributed by atoms with van der Waals surface area (Å²) in [5, 5.41) is 15.6. The lowest BCUT2D eigenvalue weighted by Gasteiger charge is -2.27. The molecule has 0 spiro atoms. The molecule has 3 rings (SSSR count). The van der Waals surface area contributed by atoms with Crippen molar-refractivity contribution < 1.29 is 19.8 Å². The number of fused-ring (bicyclic) bond motifs is 1. The highest BCUT2D eigenvalue weighted by Crippen LogP contribution is 2.46. The van der Waals surface area contributed by atoms with Gasteiger partial charge in [0.1, 0.15) is 0 Å². The van der Waals surface area contributed by atoms with Gasteiger partial charge in [-0.25, -0.2) is 9.59 Å². The summed E-state index contributed by atoms with van der Waals surface area (Å²) in [5.74, 6) is -2.51. The maximum atomic E-state index is 9.55. The van der Waals surface area contributed by atoms with E-state index in [4.69, 9.17) is 10.2 Å². The summed E-state index contributed by atoms with van der Waals surface area (Å²) in [6.45, 7) is 4.65. The highest BCUT2D eigenvalue weighted by Gasteiger charge is 2.38. The molecule has 0 fully saturated rings. The third-order valence-corrected chi connectivity index (χ3v) is 5.12. The number of para-hydroxylation sites is 2. The minimum absolute atomic E-state index is 0.239. The van der Waals surface area contributed by atoms with Gasteiger partial charge < -0.3 is 20.0 Å². The average molecular weight is 411 g/mol. The lowest BCUT2D eigenvalue weighted by Crippen LogP contribution is -2.29. The monoisotopic (exact) mass is 410 g/mol. The zero-order valence-corrected chi connectivity index (χ0v) is 17.8. The molecule has 0 saturated carbocycles. The van der Waals surface area contributed by atoms with Crippen molar-refractivity contribution in [2.75, 3.05) is 32.1 Å². The quantitative estimate of drug-likeness (QED) is 0.668. The van der Waals surface area contributed by atoms with Crippen molar-refractivity contribution in [2.45, 2.75) is 25.2 Å². The number of rotatable bonds is 7. The zero-order valence-electron chi connectivity index (χ0n) is 17.8. The highest BCUT2D eigenvalue weighted by atomic mass is 16.4. The standard InChI is InChI=1S/C20H26N2.C4H4O4/c1-20(14-9-15-21(2)3)16-22(17-10-5-4-6-11-17)19-13-8-7-12-18(19)20;5-3(6)1-2-4(7)8/h4-8,10-13H,9,14-16H2,1-3H3;1-2H,(H,5,6)(H,7,8)/b;2-1-. The van der Waals surface area contributed by atoms with Crippen molar-refractivity contribution in [3.05, 3.63) is 72.3 Å². The van der Waals surface area contributed by atoms with Crippen LogP contribution in [0.15, 0.2) is 66.7 Å². The van der Waals surface area contributed by atoms with E-state index in [1.165, 1.54) is 29.8 Å². The molecule has 6 nitrogen and oxygen atoms in total. The molecule has 0 bridgehead atoms. The van der Waals surface area contributed by atoms with Gasteiger partial charge in [0, 0.05) is 35.5 Å². The summed E-state index contributed by atoms with van der Waals surface area (Å²) in [6.07, 6.45) is 3.58. The second-order valence-electron chi connectivity index (χ2n) is 7.92. The smallest absolute Gasteiger partial charge is 0.328 e. The van der Waals surface area contributed by atoms with Crippen molar-refractivity contribution in [1.29, 1.82) is 0 Å². The molecule has 1 aliphatic heterocycles. The van der Waals surface area contributed by atoms with Crippen LogP contribution in [0, 0.1) is 0 Å². The van der Waals surface area contributed by atoms with E-state index in [9.17, 15) is 9.59 Å². The van der Waals surface area contributed by atoms with Crippen LogP contribution in [0.3, 0.4) is 0 Å². The van der Waals surface area contributed by atoms with E-state index < -0.39 is 11.9 Å². The first-order chi connectivity index (χ1) is 14.2. The normalized spacial score (nSPS) is 17.5. The fraction of sp³-hybridized carbons (Fsp3) is 0.333. The fourth-order valence-corrected chi connectivity index (χ4v) is 3.72. The molecule has 0 amide bonds. The first-order valence-electron chi connectivity index (χ1n) is 9.94. The van der Waals surface area contributed by atoms with Crippen LogP contribution < -0.4 is 4.90 Å². The Hall–Kier alpha value is -3.12. The Morgan fingerprint density at radius 2 is 1.57 bits per heavy atom. The Labute approximate surface area is 178 Å². The van der Waals surface area contributed by atoms with Gasteiger partial charge in [0.2, 0.25) is 0 Å². The van der Waals surface area contributed by atoms with Crippen molar-refractivity contribution >= 4 is 23.3 Å². The number of aliphatic carboxylic acids is 2. The van der Waals surface area contributed by atoms with E-state index >= 15 is 0 Å². The van der Waals surface area contributed by atoms with Gasteiger partial charge in [-0.2, -0.15) is 0 Å². The van der Waals surface area contributed by atoms with Gasteiger partial charge in [0.25, 0.3) is 0 Å². The predicted octanol–water partition coefficient (Wildman–Crippen LogP) is 4.15. The largest absolute Gasteiger partial charge is 0.478 e. The van der Waals surface area contributed by atoms with Crippen LogP contribution in [0.25, 0.3) is 0 Å². The number of nitrogens with zero attached hydrogens (tertiary/aromatic N) is 2. The summed E-state index contributed by atoms with van der Waals surface area (Å²) in [7, 11) is 4.31. The summed E-state index contributed by atoms with van der Waals surface area (Å²) < 4.78 is 0. The summed E-state index contributed by atoms with van der Waals surface area (Å²) in [4.78, 5) is 23.9. The first-order valence-corrected chi connectivity index (χ1v) is 9.94. The molecule has 2 aromatic rings. The van der Waals surface area contributed by atoms with Gasteiger partial charge >= 0.3 is 11.9 Å². The van der Waals surface area contributed by atoms with Crippen LogP contribution in [0.1, 0.15) is 25.3 Å². The molecule has 2 aromatic carbocycles. The SMILES string of the molecule is CN(C)CCCC1(C)CN(c2ccccc2)c2ccccc21.O=C(O)/C=C\C(=O)O. The molecule has 1 aliphatic rings. The number of benzene rings is 2. The molecule has 1 unspecified atom stereocenters. The lowest BCUT2D eigenvalue weighted by molar-refractivity contribution is -0.134. The van der Waals surface area contributed by atoms with Crippen molar-refractivity contribution in [2.24, 2.45) is 0 Å². The first kappa shape index (κ1) is 23.2. The predicted molar refractivity (Wildman–Crippen MR) is 119 cm³/mol. The van der Waals surface area contributed by atoms with E-state index in [1.807, 2.05) is 0 Å². The fourth-order valence-electron chi connectivity index (χ4n) is 3.72. The molecule has 0 radical (unpaired) electrons. The third-order valence-electron chi connectivity index (χ3n) is 5.12. The van der Waals surface area contributed by atoms with Gasteiger partial charge in [-0.05, 0) is 57.2 Å². The molecule has 1 heterocycles. The molecule has 0 aromatic heterocycles. The Bertz CT molecular complexity index is 864. The number of carboxylic acids is 2. The Balaban J connectivity index is 0.000000343. The van der Waals surface area contributed by atoms with Crippen LogP contribution in [0.5, 0.6) is 0 Å². The van der Waals surface area contributed by atoms with Crippen molar-refractivity contribution in [3.63, 3.8) is 0 Å². The molecule has 160 valence electrons. The molecule has 6 heteroatoms. The zero-order chi connectivity index (χ0) is 22.1. The second kappa shape index (κ2) is 10.6. The Kier molecular flexibility index (Phi) is 8.18. The number of carboxylic acid groups (broad SMARTS) is 2. The number of hydrogen-bond acceptors (Lipinski definition) is 4. The molecule has 2 N–H and O–H groups in total. The molecule has 30 heavy (non-hydrogen) atoms. The maximum absolute atomic E-state index is 9.55. The molecular formula is C24H30N2O4. The number of anilines is 2. The topological polar surface area (TPSA) is 81.1 Å².